The van der Waals surface area contributed by atoms with Crippen molar-refractivity contribution in [3.8, 4) is 0 Å². The van der Waals surface area contributed by atoms with Gasteiger partial charge in [-0.15, -0.1) is 6.58 Å². The van der Waals surface area contributed by atoms with Gasteiger partial charge in [0, 0.05) is 11.0 Å². The zero-order chi connectivity index (χ0) is 14.7. The van der Waals surface area contributed by atoms with Crippen molar-refractivity contribution in [2.75, 3.05) is 6.54 Å². The standard InChI is InChI=1S/C14H11BrN2O2S/c1-2-7-17-13(19)10(12(18)16-14(17)20)8-9-5-3-4-6-11(9)15/h2-6,8H,1,7H2,(H,16,18,20). The second-order valence-corrected chi connectivity index (χ2v) is 5.28. The fourth-order valence-electron chi connectivity index (χ4n) is 1.74. The van der Waals surface area contributed by atoms with Crippen molar-refractivity contribution in [2.45, 2.75) is 0 Å². The molecule has 2 rings (SSSR count). The number of nitrogens with one attached hydrogen (secondary N) is 1. The minimum absolute atomic E-state index is 0.0485. The van der Waals surface area contributed by atoms with E-state index in [-0.39, 0.29) is 17.2 Å². The topological polar surface area (TPSA) is 49.4 Å². The fraction of sp³-hybridized carbons (Fsp3) is 0.0714. The van der Waals surface area contributed by atoms with Crippen molar-refractivity contribution in [3.05, 3.63) is 52.5 Å². The highest BCUT2D eigenvalue weighted by molar-refractivity contribution is 9.10. The number of rotatable bonds is 3. The van der Waals surface area contributed by atoms with Crippen LogP contribution >= 0.6 is 28.1 Å². The number of halogens is 1. The Balaban J connectivity index is 2.42. The van der Waals surface area contributed by atoms with Crippen molar-refractivity contribution in [1.82, 2.24) is 10.2 Å². The first-order valence-electron chi connectivity index (χ1n) is 5.79. The first kappa shape index (κ1) is 14.6. The highest BCUT2D eigenvalue weighted by atomic mass is 79.9. The van der Waals surface area contributed by atoms with E-state index in [0.717, 1.165) is 10.0 Å². The van der Waals surface area contributed by atoms with Crippen LogP contribution in [-0.2, 0) is 9.59 Å². The molecule has 2 amide bonds. The van der Waals surface area contributed by atoms with Gasteiger partial charge in [0.05, 0.1) is 0 Å². The Morgan fingerprint density at radius 3 is 2.70 bits per heavy atom. The number of carbonyl (C=O) groups excluding carboxylic acids is 2. The maximum atomic E-state index is 12.3. The third-order valence-electron chi connectivity index (χ3n) is 2.70. The molecule has 1 aliphatic heterocycles. The Hall–Kier alpha value is -1.79. The predicted molar refractivity (Wildman–Crippen MR) is 84.8 cm³/mol. The molecule has 0 bridgehead atoms. The van der Waals surface area contributed by atoms with Crippen molar-refractivity contribution in [2.24, 2.45) is 0 Å². The van der Waals surface area contributed by atoms with E-state index in [4.69, 9.17) is 12.2 Å². The molecule has 1 fully saturated rings. The highest BCUT2D eigenvalue weighted by Crippen LogP contribution is 2.21. The Bertz CT molecular complexity index is 640. The normalized spacial score (nSPS) is 17.4. The first-order valence-corrected chi connectivity index (χ1v) is 6.99. The summed E-state index contributed by atoms with van der Waals surface area (Å²) in [6.07, 6.45) is 3.09. The molecule has 0 unspecified atom stereocenters. The van der Waals surface area contributed by atoms with E-state index in [9.17, 15) is 9.59 Å². The summed E-state index contributed by atoms with van der Waals surface area (Å²) in [6, 6.07) is 7.33. The van der Waals surface area contributed by atoms with Gasteiger partial charge in [-0.2, -0.15) is 0 Å². The summed E-state index contributed by atoms with van der Waals surface area (Å²) in [5.41, 5.74) is 0.796. The number of thiocarbonyl (C=S) groups is 1. The van der Waals surface area contributed by atoms with Crippen molar-refractivity contribution in [3.63, 3.8) is 0 Å². The molecule has 0 atom stereocenters. The van der Waals surface area contributed by atoms with E-state index in [0.29, 0.717) is 0 Å². The molecule has 1 aromatic carbocycles. The third kappa shape index (κ3) is 2.86. The number of hydrogen-bond acceptors (Lipinski definition) is 3. The maximum absolute atomic E-state index is 12.3. The molecule has 0 spiro atoms. The average Bonchev–Trinajstić information content (AvgIpc) is 2.41. The van der Waals surface area contributed by atoms with Crippen LogP contribution in [0.1, 0.15) is 5.56 Å². The molecule has 1 N–H and O–H groups in total. The summed E-state index contributed by atoms with van der Waals surface area (Å²) < 4.78 is 0.802. The summed E-state index contributed by atoms with van der Waals surface area (Å²) in [5.74, 6) is -0.912. The van der Waals surface area contributed by atoms with E-state index in [1.165, 1.54) is 4.90 Å². The average molecular weight is 351 g/mol. The summed E-state index contributed by atoms with van der Waals surface area (Å²) in [7, 11) is 0. The maximum Gasteiger partial charge on any atom is 0.265 e. The Labute approximate surface area is 130 Å². The molecule has 0 saturated carbocycles. The van der Waals surface area contributed by atoms with Crippen molar-refractivity contribution < 1.29 is 9.59 Å². The van der Waals surface area contributed by atoms with Gasteiger partial charge >= 0.3 is 0 Å². The highest BCUT2D eigenvalue weighted by Gasteiger charge is 2.32. The zero-order valence-corrected chi connectivity index (χ0v) is 12.8. The molecule has 1 aliphatic rings. The van der Waals surface area contributed by atoms with Gasteiger partial charge in [-0.05, 0) is 29.9 Å². The van der Waals surface area contributed by atoms with Crippen molar-refractivity contribution in [1.29, 1.82) is 0 Å². The van der Waals surface area contributed by atoms with Crippen LogP contribution in [0.4, 0.5) is 0 Å². The molecule has 0 aliphatic carbocycles. The van der Waals surface area contributed by atoms with E-state index in [1.54, 1.807) is 12.2 Å². The predicted octanol–water partition coefficient (Wildman–Crippen LogP) is 2.26. The quantitative estimate of drug-likeness (QED) is 0.393. The molecule has 1 heterocycles. The smallest absolute Gasteiger partial charge is 0.265 e. The van der Waals surface area contributed by atoms with Gasteiger partial charge in [0.1, 0.15) is 5.57 Å². The van der Waals surface area contributed by atoms with Gasteiger partial charge in [0.15, 0.2) is 5.11 Å². The first-order chi connectivity index (χ1) is 9.54. The summed E-state index contributed by atoms with van der Waals surface area (Å²) >= 11 is 8.36. The summed E-state index contributed by atoms with van der Waals surface area (Å²) in [4.78, 5) is 25.5. The molecule has 102 valence electrons. The second-order valence-electron chi connectivity index (χ2n) is 4.04. The van der Waals surface area contributed by atoms with E-state index >= 15 is 0 Å². The number of nitrogens with zero attached hydrogens (tertiary/aromatic N) is 1. The SMILES string of the molecule is C=CCN1C(=O)C(=Cc2ccccc2Br)C(=O)NC1=S. The van der Waals surface area contributed by atoms with Crippen LogP contribution in [0.3, 0.4) is 0 Å². The molecule has 6 heteroatoms. The van der Waals surface area contributed by atoms with Gasteiger partial charge in [-0.3, -0.25) is 19.8 Å². The molecule has 1 aromatic rings. The molecule has 1 saturated heterocycles. The lowest BCUT2D eigenvalue weighted by molar-refractivity contribution is -0.128. The number of carbonyl (C=O) groups is 2. The van der Waals surface area contributed by atoms with Crippen LogP contribution < -0.4 is 5.32 Å². The van der Waals surface area contributed by atoms with Gasteiger partial charge in [0.2, 0.25) is 0 Å². The third-order valence-corrected chi connectivity index (χ3v) is 3.75. The lowest BCUT2D eigenvalue weighted by Crippen LogP contribution is -2.53. The van der Waals surface area contributed by atoms with Gasteiger partial charge < -0.3 is 0 Å². The molecular formula is C14H11BrN2O2S. The summed E-state index contributed by atoms with van der Waals surface area (Å²) in [5, 5.41) is 2.60. The van der Waals surface area contributed by atoms with Crippen LogP contribution in [0.5, 0.6) is 0 Å². The zero-order valence-electron chi connectivity index (χ0n) is 10.4. The van der Waals surface area contributed by atoms with Crippen LogP contribution in [0.15, 0.2) is 47.0 Å². The molecule has 0 aromatic heterocycles. The Morgan fingerprint density at radius 1 is 1.35 bits per heavy atom. The van der Waals surface area contributed by atoms with Gasteiger partial charge in [-0.1, -0.05) is 40.2 Å². The monoisotopic (exact) mass is 350 g/mol. The largest absolute Gasteiger partial charge is 0.298 e. The van der Waals surface area contributed by atoms with Crippen LogP contribution in [-0.4, -0.2) is 28.4 Å². The number of benzene rings is 1. The Kier molecular flexibility index (Phi) is 4.46. The number of hydrogen-bond donors (Lipinski definition) is 1. The van der Waals surface area contributed by atoms with Gasteiger partial charge in [0.25, 0.3) is 11.8 Å². The lowest BCUT2D eigenvalue weighted by atomic mass is 10.1. The Morgan fingerprint density at radius 2 is 2.05 bits per heavy atom. The minimum Gasteiger partial charge on any atom is -0.298 e. The molecule has 20 heavy (non-hydrogen) atoms. The van der Waals surface area contributed by atoms with E-state index in [1.807, 2.05) is 24.3 Å². The van der Waals surface area contributed by atoms with E-state index < -0.39 is 11.8 Å². The molecular weight excluding hydrogens is 340 g/mol. The lowest BCUT2D eigenvalue weighted by Gasteiger charge is -2.27. The molecule has 0 radical (unpaired) electrons. The molecule has 4 nitrogen and oxygen atoms in total. The summed E-state index contributed by atoms with van der Waals surface area (Å²) in [6.45, 7) is 3.83. The van der Waals surface area contributed by atoms with Gasteiger partial charge in [-0.25, -0.2) is 0 Å². The second kappa shape index (κ2) is 6.11. The van der Waals surface area contributed by atoms with Crippen LogP contribution in [0.2, 0.25) is 0 Å². The van der Waals surface area contributed by atoms with E-state index in [2.05, 4.69) is 27.8 Å². The van der Waals surface area contributed by atoms with Crippen LogP contribution in [0.25, 0.3) is 6.08 Å². The van der Waals surface area contributed by atoms with Crippen LogP contribution in [0, 0.1) is 0 Å². The number of amides is 2. The minimum atomic E-state index is -0.490. The fourth-order valence-corrected chi connectivity index (χ4v) is 2.39. The van der Waals surface area contributed by atoms with Crippen molar-refractivity contribution >= 4 is 51.2 Å².